The number of benzene rings is 3. The molecule has 3 aromatic carbocycles. The molecule has 3 aromatic heterocycles. The lowest BCUT2D eigenvalue weighted by Crippen LogP contribution is -2.33. The van der Waals surface area contributed by atoms with Crippen LogP contribution < -0.4 is 4.74 Å². The summed E-state index contributed by atoms with van der Waals surface area (Å²) in [5.74, 6) is -2.74. The van der Waals surface area contributed by atoms with E-state index in [0.29, 0.717) is 27.6 Å². The van der Waals surface area contributed by atoms with Crippen molar-refractivity contribution in [1.82, 2.24) is 29.5 Å². The lowest BCUT2D eigenvalue weighted by atomic mass is 9.78. The van der Waals surface area contributed by atoms with Crippen molar-refractivity contribution in [2.45, 2.75) is 57.9 Å². The second-order valence-corrected chi connectivity index (χ2v) is 17.0. The number of carboxylic acids is 1. The van der Waals surface area contributed by atoms with E-state index in [-0.39, 0.29) is 59.6 Å². The highest BCUT2D eigenvalue weighted by molar-refractivity contribution is 7.91. The van der Waals surface area contributed by atoms with Crippen molar-refractivity contribution in [2.75, 3.05) is 11.5 Å². The smallest absolute Gasteiger partial charge is 0.306 e. The maximum absolute atomic E-state index is 15.9. The number of nitrogens with one attached hydrogen (secondary N) is 1. The van der Waals surface area contributed by atoms with Gasteiger partial charge in [0.1, 0.15) is 11.6 Å². The molecule has 0 aliphatic carbocycles. The van der Waals surface area contributed by atoms with Crippen LogP contribution >= 0.6 is 0 Å². The monoisotopic (exact) mass is 742 g/mol. The Hall–Kier alpha value is -5.37. The Morgan fingerprint density at radius 3 is 2.64 bits per heavy atom. The number of nitrogens with zero attached hydrogens (tertiary/aromatic N) is 5. The van der Waals surface area contributed by atoms with Crippen LogP contribution in [0.1, 0.15) is 62.2 Å². The van der Waals surface area contributed by atoms with Crippen molar-refractivity contribution in [3.63, 3.8) is 0 Å². The summed E-state index contributed by atoms with van der Waals surface area (Å²) in [6, 6.07) is 14.5. The van der Waals surface area contributed by atoms with Gasteiger partial charge in [-0.3, -0.25) is 9.48 Å². The van der Waals surface area contributed by atoms with Gasteiger partial charge in [0.25, 0.3) is 0 Å². The molecule has 2 atom stereocenters. The van der Waals surface area contributed by atoms with Crippen molar-refractivity contribution >= 4 is 26.7 Å². The van der Waals surface area contributed by atoms with Crippen LogP contribution in [0.2, 0.25) is 0 Å². The van der Waals surface area contributed by atoms with Crippen molar-refractivity contribution < 1.29 is 31.8 Å². The average molecular weight is 743 g/mol. The normalized spacial score (nSPS) is 19.0. The van der Waals surface area contributed by atoms with Crippen LogP contribution in [-0.2, 0) is 45.5 Å². The Labute approximate surface area is 305 Å². The standard InChI is InChI=1S/C39H40F2N6O5S/c1-23(36(48)49)15-24-7-6-8-25(16-24)39(4)12-14-53(50,51)22-38(2,3)26-19-43-47(20-26)21-30-28-11-13-42-33(28)18-32(41)34(30)52-27-9-10-31(40)29(17-27)35-44-37(39)45-46(35)5/h6-11,13,16-20,23,42H,12,14-15,21-22H2,1-5H3,(H,48,49). The first-order chi connectivity index (χ1) is 25.0. The van der Waals surface area contributed by atoms with Crippen molar-refractivity contribution in [2.24, 2.45) is 13.0 Å². The lowest BCUT2D eigenvalue weighted by Gasteiger charge is -2.29. The molecule has 1 aliphatic heterocycles. The van der Waals surface area contributed by atoms with E-state index >= 15 is 8.78 Å². The van der Waals surface area contributed by atoms with Crippen LogP contribution in [0.25, 0.3) is 22.3 Å². The average Bonchev–Trinajstić information content (AvgIpc) is 3.86. The fraction of sp³-hybridized carbons (Fsp3) is 0.333. The summed E-state index contributed by atoms with van der Waals surface area (Å²) in [5, 5.41) is 19.5. The molecule has 53 heavy (non-hydrogen) atoms. The van der Waals surface area contributed by atoms with Gasteiger partial charge in [0.2, 0.25) is 0 Å². The molecule has 0 amide bonds. The number of halogens is 2. The summed E-state index contributed by atoms with van der Waals surface area (Å²) in [7, 11) is -2.11. The van der Waals surface area contributed by atoms with Crippen LogP contribution in [0.15, 0.2) is 73.2 Å². The molecule has 7 rings (SSSR count). The Morgan fingerprint density at radius 2 is 1.87 bits per heavy atom. The number of aromatic amines is 1. The third-order valence-electron chi connectivity index (χ3n) is 10.3. The van der Waals surface area contributed by atoms with Crippen LogP contribution in [0.5, 0.6) is 11.5 Å². The quantitative estimate of drug-likeness (QED) is 0.198. The number of sulfone groups is 1. The highest BCUT2D eigenvalue weighted by atomic mass is 32.2. The Kier molecular flexibility index (Phi) is 9.00. The van der Waals surface area contributed by atoms with Gasteiger partial charge < -0.3 is 14.8 Å². The lowest BCUT2D eigenvalue weighted by molar-refractivity contribution is -0.141. The van der Waals surface area contributed by atoms with E-state index < -0.39 is 44.2 Å². The van der Waals surface area contributed by atoms with Gasteiger partial charge >= 0.3 is 5.97 Å². The molecule has 14 heteroatoms. The van der Waals surface area contributed by atoms with Gasteiger partial charge in [-0.2, -0.15) is 10.2 Å². The second kappa shape index (κ2) is 13.2. The van der Waals surface area contributed by atoms with Gasteiger partial charge in [0.15, 0.2) is 33.1 Å². The third kappa shape index (κ3) is 6.95. The summed E-state index contributed by atoms with van der Waals surface area (Å²) in [5.41, 5.74) is 1.27. The van der Waals surface area contributed by atoms with Gasteiger partial charge in [0, 0.05) is 47.4 Å². The number of carbonyl (C=O) groups is 1. The SMILES string of the molecule is CC(Cc1cccc(C2(C)CCS(=O)(=O)CC(C)(C)c3cnn(c3)Cc3c(c(F)cc4[nH]ccc34)Oc3ccc(F)c(c3)-c3nc2nn3C)c1)C(=O)O. The van der Waals surface area contributed by atoms with E-state index in [1.165, 1.54) is 28.9 Å². The fourth-order valence-corrected chi connectivity index (χ4v) is 9.22. The molecule has 0 saturated carbocycles. The molecule has 1 aliphatic rings. The molecule has 2 N–H and O–H groups in total. The molecule has 0 radical (unpaired) electrons. The zero-order chi connectivity index (χ0) is 37.9. The highest BCUT2D eigenvalue weighted by Gasteiger charge is 2.38. The Balaban J connectivity index is 1.41. The van der Waals surface area contributed by atoms with E-state index in [4.69, 9.17) is 14.8 Å². The van der Waals surface area contributed by atoms with E-state index in [9.17, 15) is 18.3 Å². The van der Waals surface area contributed by atoms with E-state index in [1.54, 1.807) is 43.3 Å². The van der Waals surface area contributed by atoms with Gasteiger partial charge in [-0.15, -0.1) is 0 Å². The molecule has 0 saturated heterocycles. The molecule has 276 valence electrons. The summed E-state index contributed by atoms with van der Waals surface area (Å²) >= 11 is 0. The number of ether oxygens (including phenoxy) is 1. The van der Waals surface area contributed by atoms with Gasteiger partial charge in [-0.05, 0) is 60.7 Å². The minimum atomic E-state index is -3.72. The van der Waals surface area contributed by atoms with Crippen LogP contribution in [0.3, 0.4) is 0 Å². The summed E-state index contributed by atoms with van der Waals surface area (Å²) < 4.78 is 68.9. The van der Waals surface area contributed by atoms with E-state index in [0.717, 1.165) is 5.56 Å². The van der Waals surface area contributed by atoms with Gasteiger partial charge in [-0.1, -0.05) is 45.0 Å². The number of fused-ring (bicyclic) bond motifs is 10. The largest absolute Gasteiger partial charge is 0.481 e. The maximum atomic E-state index is 15.9. The van der Waals surface area contributed by atoms with Crippen molar-refractivity contribution in [3.05, 3.63) is 113 Å². The topological polar surface area (TPSA) is 145 Å². The third-order valence-corrected chi connectivity index (χ3v) is 12.3. The van der Waals surface area contributed by atoms with E-state index in [2.05, 4.69) is 10.1 Å². The molecular weight excluding hydrogens is 703 g/mol. The summed E-state index contributed by atoms with van der Waals surface area (Å²) in [4.78, 5) is 19.5. The Bertz CT molecular complexity index is 2490. The number of hydrogen-bond donors (Lipinski definition) is 2. The summed E-state index contributed by atoms with van der Waals surface area (Å²) in [6.45, 7) is 7.26. The first-order valence-electron chi connectivity index (χ1n) is 17.3. The first-order valence-corrected chi connectivity index (χ1v) is 19.1. The molecular formula is C39H40F2N6O5S. The van der Waals surface area contributed by atoms with Crippen molar-refractivity contribution in [3.8, 4) is 22.9 Å². The number of carboxylic acid groups (broad SMARTS) is 1. The highest BCUT2D eigenvalue weighted by Crippen LogP contribution is 2.40. The first kappa shape index (κ1) is 36.0. The fourth-order valence-electron chi connectivity index (χ4n) is 7.09. The van der Waals surface area contributed by atoms with Crippen LogP contribution in [0.4, 0.5) is 8.78 Å². The predicted octanol–water partition coefficient (Wildman–Crippen LogP) is 6.94. The molecule has 11 nitrogen and oxygen atoms in total. The molecule has 6 bridgehead atoms. The molecule has 0 spiro atoms. The molecule has 6 aromatic rings. The van der Waals surface area contributed by atoms with E-state index in [1.807, 2.05) is 45.0 Å². The number of aryl methyl sites for hydroxylation is 1. The minimum absolute atomic E-state index is 0.0452. The van der Waals surface area contributed by atoms with Crippen LogP contribution in [0, 0.1) is 17.6 Å². The predicted molar refractivity (Wildman–Crippen MR) is 196 cm³/mol. The van der Waals surface area contributed by atoms with Crippen molar-refractivity contribution in [1.29, 1.82) is 0 Å². The van der Waals surface area contributed by atoms with Gasteiger partial charge in [0.05, 0.1) is 41.1 Å². The minimum Gasteiger partial charge on any atom is -0.481 e. The van der Waals surface area contributed by atoms with Gasteiger partial charge in [-0.25, -0.2) is 26.9 Å². The zero-order valence-corrected chi connectivity index (χ0v) is 30.8. The number of H-pyrrole nitrogens is 1. The number of aliphatic carboxylic acids is 1. The molecule has 0 fully saturated rings. The zero-order valence-electron chi connectivity index (χ0n) is 30.0. The second-order valence-electron chi connectivity index (χ2n) is 14.9. The summed E-state index contributed by atoms with van der Waals surface area (Å²) in [6.07, 6.45) is 5.43. The number of rotatable bonds is 4. The maximum Gasteiger partial charge on any atom is 0.306 e. The van der Waals surface area contributed by atoms with Crippen LogP contribution in [-0.4, -0.2) is 60.5 Å². The molecule has 4 heterocycles. The number of aromatic nitrogens is 6. The Morgan fingerprint density at radius 1 is 1.08 bits per heavy atom. The number of hydrogen-bond acceptors (Lipinski definition) is 7. The molecule has 2 unspecified atom stereocenters.